The Morgan fingerprint density at radius 1 is 1.47 bits per heavy atom. The lowest BCUT2D eigenvalue weighted by Gasteiger charge is -2.00. The molecule has 0 spiro atoms. The van der Waals surface area contributed by atoms with Crippen LogP contribution in [0.4, 0.5) is 0 Å². The smallest absolute Gasteiger partial charge is 0.154 e. The summed E-state index contributed by atoms with van der Waals surface area (Å²) in [7, 11) is 0. The largest absolute Gasteiger partial charge is 0.238 e. The van der Waals surface area contributed by atoms with E-state index in [1.165, 1.54) is 11.8 Å². The molecule has 0 atom stereocenters. The van der Waals surface area contributed by atoms with Crippen molar-refractivity contribution in [2.75, 3.05) is 0 Å². The zero-order chi connectivity index (χ0) is 10.7. The summed E-state index contributed by atoms with van der Waals surface area (Å²) >= 11 is 8.84. The summed E-state index contributed by atoms with van der Waals surface area (Å²) in [4.78, 5) is 5.03. The normalized spacial score (nSPS) is 9.87. The summed E-state index contributed by atoms with van der Waals surface area (Å²) in [5, 5.41) is 11.4. The second-order valence-corrected chi connectivity index (χ2v) is 5.27. The maximum absolute atomic E-state index is 8.93. The Kier molecular flexibility index (Phi) is 3.27. The van der Waals surface area contributed by atoms with Crippen LogP contribution in [0.5, 0.6) is 0 Å². The topological polar surface area (TPSA) is 36.7 Å². The summed E-state index contributed by atoms with van der Waals surface area (Å²) in [6.45, 7) is 0. The van der Waals surface area contributed by atoms with Gasteiger partial charge in [-0.2, -0.15) is 5.26 Å². The highest BCUT2D eigenvalue weighted by atomic mass is 35.5. The van der Waals surface area contributed by atoms with E-state index in [1.54, 1.807) is 29.7 Å². The Labute approximate surface area is 101 Å². The highest BCUT2D eigenvalue weighted by Crippen LogP contribution is 2.32. The van der Waals surface area contributed by atoms with Crippen molar-refractivity contribution in [1.82, 2.24) is 4.98 Å². The molecule has 0 aliphatic rings. The molecule has 0 saturated carbocycles. The summed E-state index contributed by atoms with van der Waals surface area (Å²) in [6, 6.07) is 7.40. The molecule has 0 N–H and O–H groups in total. The third-order valence-corrected chi connectivity index (χ3v) is 3.86. The van der Waals surface area contributed by atoms with E-state index in [0.717, 1.165) is 9.24 Å². The minimum absolute atomic E-state index is 0.579. The van der Waals surface area contributed by atoms with Crippen molar-refractivity contribution in [2.45, 2.75) is 9.24 Å². The van der Waals surface area contributed by atoms with Gasteiger partial charge in [0.15, 0.2) is 4.34 Å². The van der Waals surface area contributed by atoms with Crippen LogP contribution < -0.4 is 0 Å². The second kappa shape index (κ2) is 4.67. The van der Waals surface area contributed by atoms with Crippen LogP contribution in [-0.2, 0) is 0 Å². The monoisotopic (exact) mass is 252 g/mol. The van der Waals surface area contributed by atoms with E-state index < -0.39 is 0 Å². The lowest BCUT2D eigenvalue weighted by Crippen LogP contribution is -1.80. The molecule has 0 aliphatic heterocycles. The van der Waals surface area contributed by atoms with Crippen molar-refractivity contribution in [3.8, 4) is 6.07 Å². The van der Waals surface area contributed by atoms with Gasteiger partial charge in [-0.3, -0.25) is 0 Å². The second-order valence-electron chi connectivity index (χ2n) is 2.65. The Bertz CT molecular complexity index is 503. The van der Waals surface area contributed by atoms with Gasteiger partial charge in [-0.05, 0) is 18.2 Å². The van der Waals surface area contributed by atoms with Crippen LogP contribution in [0.1, 0.15) is 5.56 Å². The van der Waals surface area contributed by atoms with Gasteiger partial charge in [0.2, 0.25) is 0 Å². The molecule has 1 heterocycles. The molecule has 2 rings (SSSR count). The van der Waals surface area contributed by atoms with E-state index in [0.29, 0.717) is 10.6 Å². The van der Waals surface area contributed by atoms with Crippen LogP contribution in [-0.4, -0.2) is 4.98 Å². The molecule has 0 saturated heterocycles. The van der Waals surface area contributed by atoms with Gasteiger partial charge in [0.05, 0.1) is 5.56 Å². The molecule has 1 aromatic heterocycles. The van der Waals surface area contributed by atoms with Crippen LogP contribution in [0.25, 0.3) is 0 Å². The van der Waals surface area contributed by atoms with E-state index in [-0.39, 0.29) is 0 Å². The Balaban J connectivity index is 2.33. The standard InChI is InChI=1S/C10H5ClN2S2/c11-8-1-2-9(7(5-8)6-12)15-10-13-3-4-14-10/h1-5H. The van der Waals surface area contributed by atoms with Crippen LogP contribution in [0.15, 0.2) is 39.0 Å². The highest BCUT2D eigenvalue weighted by molar-refractivity contribution is 8.01. The first-order valence-corrected chi connectivity index (χ1v) is 6.14. The zero-order valence-electron chi connectivity index (χ0n) is 7.48. The fourth-order valence-electron chi connectivity index (χ4n) is 1.03. The van der Waals surface area contributed by atoms with Gasteiger partial charge >= 0.3 is 0 Å². The fraction of sp³-hybridized carbons (Fsp3) is 0. The van der Waals surface area contributed by atoms with Crippen LogP contribution in [0.3, 0.4) is 0 Å². The van der Waals surface area contributed by atoms with Gasteiger partial charge < -0.3 is 0 Å². The summed E-state index contributed by atoms with van der Waals surface area (Å²) in [5.74, 6) is 0. The Morgan fingerprint density at radius 2 is 2.33 bits per heavy atom. The van der Waals surface area contributed by atoms with Crippen LogP contribution >= 0.6 is 34.7 Å². The molecular weight excluding hydrogens is 248 g/mol. The van der Waals surface area contributed by atoms with E-state index in [9.17, 15) is 0 Å². The van der Waals surface area contributed by atoms with Crippen molar-refractivity contribution in [3.63, 3.8) is 0 Å². The fourth-order valence-corrected chi connectivity index (χ4v) is 2.85. The summed E-state index contributed by atoms with van der Waals surface area (Å²) < 4.78 is 0.925. The number of nitrogens with zero attached hydrogens (tertiary/aromatic N) is 2. The average molecular weight is 253 g/mol. The molecular formula is C10H5ClN2S2. The van der Waals surface area contributed by atoms with Gasteiger partial charge in [0.25, 0.3) is 0 Å². The molecule has 2 aromatic rings. The summed E-state index contributed by atoms with van der Waals surface area (Å²) in [5.41, 5.74) is 0.586. The first-order valence-electron chi connectivity index (χ1n) is 4.06. The zero-order valence-corrected chi connectivity index (χ0v) is 9.86. The molecule has 0 amide bonds. The molecule has 0 bridgehead atoms. The number of aromatic nitrogens is 1. The van der Waals surface area contributed by atoms with E-state index in [2.05, 4.69) is 11.1 Å². The molecule has 15 heavy (non-hydrogen) atoms. The predicted molar refractivity (Wildman–Crippen MR) is 62.4 cm³/mol. The maximum atomic E-state index is 8.93. The SMILES string of the molecule is N#Cc1cc(Cl)ccc1Sc1nccs1. The number of benzene rings is 1. The van der Waals surface area contributed by atoms with Crippen molar-refractivity contribution < 1.29 is 0 Å². The average Bonchev–Trinajstić information content (AvgIpc) is 2.73. The lowest BCUT2D eigenvalue weighted by atomic mass is 10.2. The van der Waals surface area contributed by atoms with Gasteiger partial charge in [-0.25, -0.2) is 4.98 Å². The molecule has 0 aliphatic carbocycles. The van der Waals surface area contributed by atoms with E-state index in [1.807, 2.05) is 11.4 Å². The molecule has 0 unspecified atom stereocenters. The third kappa shape index (κ3) is 2.51. The lowest BCUT2D eigenvalue weighted by molar-refractivity contribution is 1.24. The van der Waals surface area contributed by atoms with E-state index in [4.69, 9.17) is 16.9 Å². The van der Waals surface area contributed by atoms with Crippen molar-refractivity contribution in [1.29, 1.82) is 5.26 Å². The number of rotatable bonds is 2. The maximum Gasteiger partial charge on any atom is 0.154 e. The highest BCUT2D eigenvalue weighted by Gasteiger charge is 2.06. The predicted octanol–water partition coefficient (Wildman–Crippen LogP) is 3.82. The molecule has 74 valence electrons. The van der Waals surface area contributed by atoms with Crippen LogP contribution in [0, 0.1) is 11.3 Å². The molecule has 2 nitrogen and oxygen atoms in total. The molecule has 0 fully saturated rings. The first-order chi connectivity index (χ1) is 7.29. The van der Waals surface area contributed by atoms with Crippen molar-refractivity contribution in [3.05, 3.63) is 40.4 Å². The van der Waals surface area contributed by atoms with Gasteiger partial charge in [0, 0.05) is 21.5 Å². The number of hydrogen-bond donors (Lipinski definition) is 0. The Morgan fingerprint density at radius 3 is 3.00 bits per heavy atom. The number of nitriles is 1. The van der Waals surface area contributed by atoms with E-state index >= 15 is 0 Å². The van der Waals surface area contributed by atoms with Crippen LogP contribution in [0.2, 0.25) is 5.02 Å². The van der Waals surface area contributed by atoms with Gasteiger partial charge in [-0.1, -0.05) is 23.4 Å². The van der Waals surface area contributed by atoms with Gasteiger partial charge in [-0.15, -0.1) is 11.3 Å². The number of thiazole rings is 1. The molecule has 0 radical (unpaired) electrons. The quantitative estimate of drug-likeness (QED) is 0.815. The molecule has 1 aromatic carbocycles. The Hall–Kier alpha value is -1.02. The third-order valence-electron chi connectivity index (χ3n) is 1.67. The first kappa shape index (κ1) is 10.5. The minimum Gasteiger partial charge on any atom is -0.238 e. The number of hydrogen-bond acceptors (Lipinski definition) is 4. The van der Waals surface area contributed by atoms with Crippen molar-refractivity contribution >= 4 is 34.7 Å². The number of halogens is 1. The summed E-state index contributed by atoms with van der Waals surface area (Å²) in [6.07, 6.45) is 1.75. The molecule has 5 heteroatoms. The minimum atomic E-state index is 0.579. The van der Waals surface area contributed by atoms with Crippen molar-refractivity contribution in [2.24, 2.45) is 0 Å². The van der Waals surface area contributed by atoms with Gasteiger partial charge in [0.1, 0.15) is 6.07 Å².